The molecular weight excluding hydrogens is 538 g/mol. The molecule has 1 aromatic heterocycles. The molecule has 0 bridgehead atoms. The van der Waals surface area contributed by atoms with Gasteiger partial charge in [0.05, 0.1) is 41.8 Å². The van der Waals surface area contributed by atoms with Crippen LogP contribution < -0.4 is 4.74 Å². The summed E-state index contributed by atoms with van der Waals surface area (Å²) in [5.41, 5.74) is 3.85. The Morgan fingerprint density at radius 3 is 1.53 bits per heavy atom. The molecular formula is C37H57NO5. The number of pyridine rings is 1. The number of methoxy groups -OCH3 is 1. The van der Waals surface area contributed by atoms with E-state index in [0.29, 0.717) is 22.7 Å². The minimum absolute atomic E-state index is 0.283. The summed E-state index contributed by atoms with van der Waals surface area (Å²) in [6, 6.07) is 5.92. The van der Waals surface area contributed by atoms with Crippen molar-refractivity contribution in [1.82, 2.24) is 4.98 Å². The van der Waals surface area contributed by atoms with Crippen LogP contribution in [0.5, 0.6) is 5.75 Å². The maximum Gasteiger partial charge on any atom is 0.340 e. The summed E-state index contributed by atoms with van der Waals surface area (Å²) >= 11 is 0. The first kappa shape index (κ1) is 36.3. The average Bonchev–Trinajstić information content (AvgIpc) is 2.93. The minimum Gasteiger partial charge on any atom is -0.496 e. The van der Waals surface area contributed by atoms with Crippen LogP contribution in [0, 0.1) is 13.8 Å². The first-order valence-corrected chi connectivity index (χ1v) is 16.7. The Morgan fingerprint density at radius 2 is 1.12 bits per heavy atom. The molecule has 2 aromatic rings. The van der Waals surface area contributed by atoms with Crippen molar-refractivity contribution in [3.8, 4) is 16.9 Å². The zero-order valence-corrected chi connectivity index (χ0v) is 28.3. The highest BCUT2D eigenvalue weighted by molar-refractivity contribution is 6.08. The van der Waals surface area contributed by atoms with Crippen LogP contribution in [0.4, 0.5) is 0 Å². The lowest BCUT2D eigenvalue weighted by Gasteiger charge is -2.23. The molecule has 0 aliphatic heterocycles. The molecule has 6 nitrogen and oxygen atoms in total. The Hall–Kier alpha value is -2.89. The maximum absolute atomic E-state index is 13.5. The van der Waals surface area contributed by atoms with Crippen molar-refractivity contribution in [2.24, 2.45) is 0 Å². The third kappa shape index (κ3) is 11.6. The second-order valence-electron chi connectivity index (χ2n) is 12.3. The van der Waals surface area contributed by atoms with Gasteiger partial charge in [-0.05, 0) is 66.0 Å². The number of hydrogen-bond acceptors (Lipinski definition) is 6. The van der Waals surface area contributed by atoms with Crippen LogP contribution in [0.2, 0.25) is 0 Å². The van der Waals surface area contributed by atoms with Gasteiger partial charge in [-0.25, -0.2) is 9.59 Å². The lowest BCUT2D eigenvalue weighted by atomic mass is 9.87. The summed E-state index contributed by atoms with van der Waals surface area (Å²) in [4.78, 5) is 31.6. The van der Waals surface area contributed by atoms with Crippen LogP contribution in [-0.4, -0.2) is 36.2 Å². The fraction of sp³-hybridized carbons (Fsp3) is 0.649. The van der Waals surface area contributed by atoms with Gasteiger partial charge in [-0.1, -0.05) is 96.1 Å². The Kier molecular flexibility index (Phi) is 16.4. The highest BCUT2D eigenvalue weighted by atomic mass is 16.5. The molecule has 240 valence electrons. The molecule has 0 unspecified atom stereocenters. The van der Waals surface area contributed by atoms with Gasteiger partial charge in [-0.3, -0.25) is 4.98 Å². The van der Waals surface area contributed by atoms with Crippen LogP contribution in [0.1, 0.15) is 156 Å². The number of carbonyl (C=O) groups is 2. The van der Waals surface area contributed by atoms with Gasteiger partial charge in [0.1, 0.15) is 5.75 Å². The third-order valence-corrected chi connectivity index (χ3v) is 7.78. The predicted octanol–water partition coefficient (Wildman–Crippen LogP) is 10.1. The molecule has 0 aliphatic carbocycles. The molecule has 0 saturated heterocycles. The van der Waals surface area contributed by atoms with Gasteiger partial charge < -0.3 is 14.2 Å². The van der Waals surface area contributed by atoms with Crippen LogP contribution in [0.25, 0.3) is 11.1 Å². The van der Waals surface area contributed by atoms with Crippen LogP contribution >= 0.6 is 0 Å². The third-order valence-electron chi connectivity index (χ3n) is 7.78. The van der Waals surface area contributed by atoms with Crippen molar-refractivity contribution in [3.63, 3.8) is 0 Å². The molecule has 43 heavy (non-hydrogen) atoms. The topological polar surface area (TPSA) is 74.7 Å². The summed E-state index contributed by atoms with van der Waals surface area (Å²) in [6.45, 7) is 13.1. The highest BCUT2D eigenvalue weighted by Gasteiger charge is 2.31. The summed E-state index contributed by atoms with van der Waals surface area (Å²) in [5, 5.41) is 0. The fourth-order valence-electron chi connectivity index (χ4n) is 5.72. The minimum atomic E-state index is -0.508. The van der Waals surface area contributed by atoms with E-state index in [0.717, 1.165) is 30.4 Å². The molecule has 1 heterocycles. The van der Waals surface area contributed by atoms with E-state index in [2.05, 4.69) is 18.0 Å². The number of hydrogen-bond donors (Lipinski definition) is 0. The average molecular weight is 596 g/mol. The SMILES string of the molecule is CCCCCCCCCCCCCCCc1cccc(OC)c1-c1c(C(=O)OC(C)C)c(C)nc(C)c1C(=O)OC(C)C. The Labute approximate surface area is 261 Å². The first-order valence-electron chi connectivity index (χ1n) is 16.7. The molecule has 0 aliphatic rings. The fourth-order valence-corrected chi connectivity index (χ4v) is 5.72. The molecule has 6 heteroatoms. The van der Waals surface area contributed by atoms with Crippen molar-refractivity contribution < 1.29 is 23.8 Å². The van der Waals surface area contributed by atoms with E-state index in [9.17, 15) is 9.59 Å². The Morgan fingerprint density at radius 1 is 0.674 bits per heavy atom. The number of unbranched alkanes of at least 4 members (excludes halogenated alkanes) is 12. The van der Waals surface area contributed by atoms with Crippen molar-refractivity contribution in [1.29, 1.82) is 0 Å². The van der Waals surface area contributed by atoms with Crippen molar-refractivity contribution in [3.05, 3.63) is 46.3 Å². The summed E-state index contributed by atoms with van der Waals surface area (Å²) < 4.78 is 17.2. The van der Waals surface area contributed by atoms with Crippen LogP contribution in [0.3, 0.4) is 0 Å². The number of esters is 2. The van der Waals surface area contributed by atoms with Crippen molar-refractivity contribution in [2.75, 3.05) is 7.11 Å². The molecule has 2 rings (SSSR count). The highest BCUT2D eigenvalue weighted by Crippen LogP contribution is 2.41. The predicted molar refractivity (Wildman–Crippen MR) is 176 cm³/mol. The second kappa shape index (κ2) is 19.4. The van der Waals surface area contributed by atoms with Gasteiger partial charge in [0.2, 0.25) is 0 Å². The molecule has 0 atom stereocenters. The lowest BCUT2D eigenvalue weighted by Crippen LogP contribution is -2.21. The van der Waals surface area contributed by atoms with E-state index in [1.807, 2.05) is 39.8 Å². The van der Waals surface area contributed by atoms with Gasteiger partial charge >= 0.3 is 11.9 Å². The number of rotatable bonds is 20. The molecule has 0 N–H and O–H groups in total. The van der Waals surface area contributed by atoms with Gasteiger partial charge in [0, 0.05) is 11.1 Å². The number of benzene rings is 1. The smallest absolute Gasteiger partial charge is 0.340 e. The van der Waals surface area contributed by atoms with Gasteiger partial charge in [0.15, 0.2) is 0 Å². The number of carbonyl (C=O) groups excluding carboxylic acids is 2. The number of ether oxygens (including phenoxy) is 3. The first-order chi connectivity index (χ1) is 20.6. The second-order valence-corrected chi connectivity index (χ2v) is 12.3. The van der Waals surface area contributed by atoms with E-state index >= 15 is 0 Å². The quantitative estimate of drug-likeness (QED) is 0.112. The lowest BCUT2D eigenvalue weighted by molar-refractivity contribution is 0.0377. The summed E-state index contributed by atoms with van der Waals surface area (Å²) in [7, 11) is 1.62. The molecule has 0 spiro atoms. The van der Waals surface area contributed by atoms with Gasteiger partial charge in [-0.2, -0.15) is 0 Å². The number of aromatic nitrogens is 1. The van der Waals surface area contributed by atoms with Crippen molar-refractivity contribution >= 4 is 11.9 Å². The number of nitrogens with zero attached hydrogens (tertiary/aromatic N) is 1. The largest absolute Gasteiger partial charge is 0.496 e. The molecule has 0 fully saturated rings. The normalized spacial score (nSPS) is 11.3. The zero-order valence-electron chi connectivity index (χ0n) is 28.3. The Balaban J connectivity index is 2.27. The van der Waals surface area contributed by atoms with Crippen LogP contribution in [-0.2, 0) is 15.9 Å². The number of aryl methyl sites for hydroxylation is 3. The summed E-state index contributed by atoms with van der Waals surface area (Å²) in [5.74, 6) is -0.410. The van der Waals surface area contributed by atoms with E-state index in [1.54, 1.807) is 21.0 Å². The van der Waals surface area contributed by atoms with E-state index in [-0.39, 0.29) is 23.3 Å². The molecule has 0 amide bonds. The van der Waals surface area contributed by atoms with Crippen LogP contribution in [0.15, 0.2) is 18.2 Å². The molecule has 1 aromatic carbocycles. The van der Waals surface area contributed by atoms with E-state index in [4.69, 9.17) is 14.2 Å². The van der Waals surface area contributed by atoms with Gasteiger partial charge in [-0.15, -0.1) is 0 Å². The molecule has 0 radical (unpaired) electrons. The van der Waals surface area contributed by atoms with E-state index < -0.39 is 11.9 Å². The molecule has 0 saturated carbocycles. The maximum atomic E-state index is 13.5. The summed E-state index contributed by atoms with van der Waals surface area (Å²) in [6.07, 6.45) is 17.0. The standard InChI is InChI=1S/C37H57NO5/c1-9-10-11-12-13-14-15-16-17-18-19-20-21-23-30-24-22-25-31(41-8)34(30)35-32(36(39)42-26(2)3)28(6)38-29(7)33(35)37(40)43-27(4)5/h22,24-27H,9-21,23H2,1-8H3. The van der Waals surface area contributed by atoms with E-state index in [1.165, 1.54) is 70.6 Å². The van der Waals surface area contributed by atoms with Gasteiger partial charge in [0.25, 0.3) is 0 Å². The monoisotopic (exact) mass is 595 g/mol. The Bertz CT molecular complexity index is 1110. The zero-order chi connectivity index (χ0) is 31.8. The van der Waals surface area contributed by atoms with Crippen molar-refractivity contribution in [2.45, 2.75) is 151 Å².